The van der Waals surface area contributed by atoms with Gasteiger partial charge in [-0.2, -0.15) is 0 Å². The lowest BCUT2D eigenvalue weighted by atomic mass is 10.3. The summed E-state index contributed by atoms with van der Waals surface area (Å²) in [6.07, 6.45) is -2.17. The van der Waals surface area contributed by atoms with E-state index in [9.17, 15) is 4.79 Å². The smallest absolute Gasteiger partial charge is 0.410 e. The number of nitrogens with one attached hydrogen (secondary N) is 1. The summed E-state index contributed by atoms with van der Waals surface area (Å²) in [7, 11) is 0. The van der Waals surface area contributed by atoms with E-state index in [-0.39, 0.29) is 27.4 Å². The van der Waals surface area contributed by atoms with Gasteiger partial charge in [-0.1, -0.05) is 69.6 Å². The maximum atomic E-state index is 11.4. The van der Waals surface area contributed by atoms with Gasteiger partial charge in [0.2, 0.25) is 10.0 Å². The van der Waals surface area contributed by atoms with Gasteiger partial charge in [-0.15, -0.1) is 0 Å². The molecule has 0 heterocycles. The van der Waals surface area contributed by atoms with Crippen molar-refractivity contribution in [3.63, 3.8) is 0 Å². The fourth-order valence-electron chi connectivity index (χ4n) is 1.18. The highest BCUT2D eigenvalue weighted by atomic mass is 35.6. The van der Waals surface area contributed by atoms with Gasteiger partial charge in [0.1, 0.15) is 5.75 Å². The number of carbonyl (C=O) groups excluding carboxylic acids is 1. The van der Waals surface area contributed by atoms with Crippen molar-refractivity contribution in [2.75, 3.05) is 6.61 Å². The van der Waals surface area contributed by atoms with Crippen LogP contribution in [0, 0.1) is 0 Å². The Labute approximate surface area is 151 Å². The second-order valence-electron chi connectivity index (χ2n) is 3.60. The number of ether oxygens (including phenoxy) is 2. The van der Waals surface area contributed by atoms with E-state index in [2.05, 4.69) is 5.32 Å². The van der Waals surface area contributed by atoms with Gasteiger partial charge in [0.15, 0.2) is 0 Å². The molecule has 1 atom stereocenters. The molecule has 1 amide bonds. The summed E-state index contributed by atoms with van der Waals surface area (Å²) >= 11 is 34.9. The fourth-order valence-corrected chi connectivity index (χ4v) is 2.06. The molecule has 10 heteroatoms. The van der Waals surface area contributed by atoms with Gasteiger partial charge in [0.25, 0.3) is 0 Å². The van der Waals surface area contributed by atoms with Gasteiger partial charge in [0.05, 0.1) is 21.7 Å². The molecule has 1 aromatic rings. The summed E-state index contributed by atoms with van der Waals surface area (Å²) in [6, 6.07) is 2.70. The molecular weight excluding hydrogens is 407 g/mol. The molecule has 1 N–H and O–H groups in total. The number of amides is 1. The zero-order valence-electron chi connectivity index (χ0n) is 10.4. The van der Waals surface area contributed by atoms with Crippen LogP contribution in [0.2, 0.25) is 15.1 Å². The Morgan fingerprint density at radius 2 is 1.76 bits per heavy atom. The Morgan fingerprint density at radius 3 is 2.29 bits per heavy atom. The number of hydrogen-bond acceptors (Lipinski definition) is 3. The normalized spacial score (nSPS) is 12.7. The molecule has 21 heavy (non-hydrogen) atoms. The van der Waals surface area contributed by atoms with Gasteiger partial charge in [-0.3, -0.25) is 5.32 Å². The molecule has 0 fully saturated rings. The van der Waals surface area contributed by atoms with E-state index in [1.807, 2.05) is 0 Å². The van der Waals surface area contributed by atoms with Crippen molar-refractivity contribution in [3.05, 3.63) is 27.2 Å². The first-order valence-corrected chi connectivity index (χ1v) is 7.73. The van der Waals surface area contributed by atoms with Gasteiger partial charge >= 0.3 is 6.09 Å². The van der Waals surface area contributed by atoms with Crippen LogP contribution in [0.5, 0.6) is 5.75 Å². The second kappa shape index (κ2) is 8.04. The van der Waals surface area contributed by atoms with Crippen LogP contribution < -0.4 is 10.1 Å². The molecule has 0 aliphatic carbocycles. The summed E-state index contributed by atoms with van der Waals surface area (Å²) < 4.78 is 8.10. The topological polar surface area (TPSA) is 47.6 Å². The summed E-state index contributed by atoms with van der Waals surface area (Å²) in [6.45, 7) is 1.77. The number of hydrogen-bond donors (Lipinski definition) is 1. The average Bonchev–Trinajstić information content (AvgIpc) is 2.34. The van der Waals surface area contributed by atoms with Crippen LogP contribution in [0.4, 0.5) is 4.79 Å². The highest BCUT2D eigenvalue weighted by Crippen LogP contribution is 2.37. The average molecular weight is 416 g/mol. The Hall–Kier alpha value is 0.0300. The Kier molecular flexibility index (Phi) is 7.31. The Morgan fingerprint density at radius 1 is 1.19 bits per heavy atom. The third kappa shape index (κ3) is 5.97. The van der Waals surface area contributed by atoms with Crippen LogP contribution >= 0.6 is 69.6 Å². The molecule has 4 nitrogen and oxygen atoms in total. The van der Waals surface area contributed by atoms with Crippen LogP contribution in [-0.4, -0.2) is 22.7 Å². The molecule has 0 saturated carbocycles. The first kappa shape index (κ1) is 19.1. The van der Waals surface area contributed by atoms with Gasteiger partial charge in [0, 0.05) is 6.07 Å². The quantitative estimate of drug-likeness (QED) is 0.403. The second-order valence-corrected chi connectivity index (χ2v) is 7.19. The van der Waals surface area contributed by atoms with Crippen LogP contribution in [-0.2, 0) is 4.74 Å². The van der Waals surface area contributed by atoms with Crippen LogP contribution in [0.25, 0.3) is 0 Å². The molecule has 0 bridgehead atoms. The standard InChI is InChI=1S/C11H9Cl6NO3/c1-2-20-10(19)18-9(11(15,16)17)21-8-4-6(13)5(12)3-7(8)14/h3-4,9H,2H2,1H3,(H,18,19)/t9-/m0/s1. The van der Waals surface area contributed by atoms with E-state index in [0.717, 1.165) is 0 Å². The van der Waals surface area contributed by atoms with Crippen LogP contribution in [0.1, 0.15) is 6.92 Å². The molecular formula is C11H9Cl6NO3. The minimum Gasteiger partial charge on any atom is -0.464 e. The molecule has 118 valence electrons. The van der Waals surface area contributed by atoms with Crippen molar-refractivity contribution < 1.29 is 14.3 Å². The lowest BCUT2D eigenvalue weighted by Gasteiger charge is -2.26. The largest absolute Gasteiger partial charge is 0.464 e. The number of halogens is 6. The first-order chi connectivity index (χ1) is 9.65. The number of alkyl halides is 3. The lowest BCUT2D eigenvalue weighted by molar-refractivity contribution is 0.115. The minimum absolute atomic E-state index is 0.0826. The molecule has 1 rings (SSSR count). The maximum Gasteiger partial charge on any atom is 0.410 e. The van der Waals surface area contributed by atoms with Crippen LogP contribution in [0.15, 0.2) is 12.1 Å². The Bertz CT molecular complexity index is 519. The van der Waals surface area contributed by atoms with E-state index in [1.54, 1.807) is 6.92 Å². The monoisotopic (exact) mass is 413 g/mol. The fraction of sp³-hybridized carbons (Fsp3) is 0.364. The van der Waals surface area contributed by atoms with E-state index < -0.39 is 16.1 Å². The molecule has 0 radical (unpaired) electrons. The number of carbonyl (C=O) groups is 1. The van der Waals surface area contributed by atoms with Gasteiger partial charge < -0.3 is 9.47 Å². The van der Waals surface area contributed by atoms with Crippen molar-refractivity contribution in [1.29, 1.82) is 0 Å². The Balaban J connectivity index is 2.97. The molecule has 0 aliphatic heterocycles. The summed E-state index contributed by atoms with van der Waals surface area (Å²) in [5.41, 5.74) is 0. The molecule has 0 aliphatic rings. The predicted octanol–water partition coefficient (Wildman–Crippen LogP) is 5.47. The summed E-state index contributed by atoms with van der Waals surface area (Å²) in [4.78, 5) is 11.4. The number of benzene rings is 1. The van der Waals surface area contributed by atoms with Gasteiger partial charge in [-0.05, 0) is 13.0 Å². The van der Waals surface area contributed by atoms with Crippen molar-refractivity contribution in [3.8, 4) is 5.75 Å². The third-order valence-electron chi connectivity index (χ3n) is 2.04. The van der Waals surface area contributed by atoms with Crippen LogP contribution in [0.3, 0.4) is 0 Å². The summed E-state index contributed by atoms with van der Waals surface area (Å²) in [5.74, 6) is 0.0826. The third-order valence-corrected chi connectivity index (χ3v) is 3.65. The SMILES string of the molecule is CCOC(=O)N[C@@H](Oc1cc(Cl)c(Cl)cc1Cl)C(Cl)(Cl)Cl. The molecule has 0 spiro atoms. The number of alkyl carbamates (subject to hydrolysis) is 1. The zero-order chi connectivity index (χ0) is 16.2. The number of rotatable bonds is 4. The van der Waals surface area contributed by atoms with Crippen molar-refractivity contribution in [1.82, 2.24) is 5.32 Å². The first-order valence-electron chi connectivity index (χ1n) is 5.46. The van der Waals surface area contributed by atoms with Crippen molar-refractivity contribution >= 4 is 75.7 Å². The van der Waals surface area contributed by atoms with E-state index >= 15 is 0 Å². The lowest BCUT2D eigenvalue weighted by Crippen LogP contribution is -2.48. The predicted molar refractivity (Wildman–Crippen MR) is 86.3 cm³/mol. The zero-order valence-corrected chi connectivity index (χ0v) is 15.0. The van der Waals surface area contributed by atoms with Crippen molar-refractivity contribution in [2.24, 2.45) is 0 Å². The molecule has 0 aromatic heterocycles. The summed E-state index contributed by atoms with van der Waals surface area (Å²) in [5, 5.41) is 2.81. The molecule has 0 saturated heterocycles. The molecule has 1 aromatic carbocycles. The van der Waals surface area contributed by atoms with E-state index in [1.165, 1.54) is 12.1 Å². The van der Waals surface area contributed by atoms with Crippen molar-refractivity contribution in [2.45, 2.75) is 16.9 Å². The molecule has 0 unspecified atom stereocenters. The van der Waals surface area contributed by atoms with Gasteiger partial charge in [-0.25, -0.2) is 4.79 Å². The minimum atomic E-state index is -1.97. The van der Waals surface area contributed by atoms with E-state index in [4.69, 9.17) is 79.1 Å². The highest BCUT2D eigenvalue weighted by Gasteiger charge is 2.37. The maximum absolute atomic E-state index is 11.4. The van der Waals surface area contributed by atoms with E-state index in [0.29, 0.717) is 0 Å². The highest BCUT2D eigenvalue weighted by molar-refractivity contribution is 6.68.